The molecule has 0 saturated carbocycles. The summed E-state index contributed by atoms with van der Waals surface area (Å²) in [6.45, 7) is 7.29. The van der Waals surface area contributed by atoms with E-state index in [1.54, 1.807) is 24.1 Å². The Labute approximate surface area is 215 Å². The Bertz CT molecular complexity index is 1380. The second-order valence-electron chi connectivity index (χ2n) is 9.18. The van der Waals surface area contributed by atoms with Crippen molar-refractivity contribution in [1.82, 2.24) is 24.8 Å². The number of ether oxygens (including phenoxy) is 2. The minimum atomic E-state index is -0.521. The van der Waals surface area contributed by atoms with Gasteiger partial charge in [0.2, 0.25) is 5.88 Å². The third-order valence-corrected chi connectivity index (χ3v) is 6.64. The molecule has 0 radical (unpaired) electrons. The Hall–Kier alpha value is -3.92. The van der Waals surface area contributed by atoms with Gasteiger partial charge >= 0.3 is 0 Å². The number of hydrogen-bond acceptors (Lipinski definition) is 7. The van der Waals surface area contributed by atoms with Gasteiger partial charge in [-0.2, -0.15) is 0 Å². The van der Waals surface area contributed by atoms with E-state index in [0.29, 0.717) is 36.5 Å². The number of morpholine rings is 1. The molecule has 5 rings (SSSR count). The average molecular weight is 507 g/mol. The van der Waals surface area contributed by atoms with Crippen molar-refractivity contribution in [2.24, 2.45) is 0 Å². The number of carbonyl (C=O) groups excluding carboxylic acids is 1. The van der Waals surface area contributed by atoms with E-state index in [2.05, 4.69) is 37.3 Å². The van der Waals surface area contributed by atoms with Crippen molar-refractivity contribution in [3.8, 4) is 11.6 Å². The number of hydrogen-bond donors (Lipinski definition) is 2. The molecule has 1 aliphatic heterocycles. The van der Waals surface area contributed by atoms with Gasteiger partial charge in [0.1, 0.15) is 17.7 Å². The molecule has 2 N–H and O–H groups in total. The van der Waals surface area contributed by atoms with E-state index in [9.17, 15) is 4.79 Å². The van der Waals surface area contributed by atoms with Crippen molar-refractivity contribution >= 4 is 22.6 Å². The smallest absolute Gasteiger partial charge is 0.262 e. The fourth-order valence-electron chi connectivity index (χ4n) is 4.52. The lowest BCUT2D eigenvalue weighted by Gasteiger charge is -2.31. The van der Waals surface area contributed by atoms with Crippen LogP contribution in [-0.2, 0) is 4.74 Å². The summed E-state index contributed by atoms with van der Waals surface area (Å²) >= 11 is 0. The number of aromatic amines is 1. The SMILES string of the molecule is CCN(C)C(=O)c1c(NC2=CC(N3CCOCC3)=CCC2)ncnc1Oc1ccc2[nH]c(C)cc2c1F. The number of benzene rings is 1. The molecule has 1 fully saturated rings. The molecule has 1 aromatic carbocycles. The average Bonchev–Trinajstić information content (AvgIpc) is 3.31. The first-order chi connectivity index (χ1) is 17.9. The standard InChI is InChI=1S/C27H31FN6O3/c1-4-33(3)27(35)23-25(32-18-6-5-7-19(15-18)34-10-12-36-13-11-34)29-16-30-26(23)37-22-9-8-21-20(24(22)28)14-17(2)31-21/h7-9,14-16,31H,4-6,10-13H2,1-3H3,(H,29,30,32). The first-order valence-electron chi connectivity index (χ1n) is 12.5. The van der Waals surface area contributed by atoms with E-state index in [1.165, 1.54) is 12.4 Å². The molecule has 37 heavy (non-hydrogen) atoms. The molecule has 3 aromatic rings. The van der Waals surface area contributed by atoms with Gasteiger partial charge in [0.15, 0.2) is 11.6 Å². The van der Waals surface area contributed by atoms with Gasteiger partial charge in [-0.3, -0.25) is 4.79 Å². The molecule has 0 spiro atoms. The van der Waals surface area contributed by atoms with Crippen molar-refractivity contribution in [3.63, 3.8) is 0 Å². The molecule has 2 aromatic heterocycles. The van der Waals surface area contributed by atoms with Crippen molar-refractivity contribution in [2.75, 3.05) is 45.2 Å². The molecule has 2 aliphatic rings. The largest absolute Gasteiger partial charge is 0.435 e. The van der Waals surface area contributed by atoms with Crippen LogP contribution < -0.4 is 10.1 Å². The summed E-state index contributed by atoms with van der Waals surface area (Å²) in [5.41, 5.74) is 3.71. The number of aromatic nitrogens is 3. The maximum absolute atomic E-state index is 15.3. The summed E-state index contributed by atoms with van der Waals surface area (Å²) in [5.74, 6) is -0.538. The second-order valence-corrected chi connectivity index (χ2v) is 9.18. The number of allylic oxidation sites excluding steroid dienone is 3. The summed E-state index contributed by atoms with van der Waals surface area (Å²) in [6, 6.07) is 4.99. The van der Waals surface area contributed by atoms with Crippen LogP contribution in [0.5, 0.6) is 11.6 Å². The Morgan fingerprint density at radius 1 is 1.30 bits per heavy atom. The van der Waals surface area contributed by atoms with Crippen LogP contribution in [0.2, 0.25) is 0 Å². The van der Waals surface area contributed by atoms with Gasteiger partial charge in [-0.05, 0) is 51.0 Å². The van der Waals surface area contributed by atoms with Crippen LogP contribution in [0.3, 0.4) is 0 Å². The number of H-pyrrole nitrogens is 1. The van der Waals surface area contributed by atoms with Gasteiger partial charge in [-0.1, -0.05) is 6.08 Å². The van der Waals surface area contributed by atoms with E-state index < -0.39 is 5.82 Å². The minimum absolute atomic E-state index is 0.00587. The molecule has 1 saturated heterocycles. The fraction of sp³-hybridized carbons (Fsp3) is 0.370. The Morgan fingerprint density at radius 3 is 2.89 bits per heavy atom. The molecule has 0 atom stereocenters. The zero-order valence-corrected chi connectivity index (χ0v) is 21.3. The molecular weight excluding hydrogens is 475 g/mol. The zero-order valence-electron chi connectivity index (χ0n) is 21.3. The van der Waals surface area contributed by atoms with Crippen LogP contribution >= 0.6 is 0 Å². The fourth-order valence-corrected chi connectivity index (χ4v) is 4.52. The molecule has 0 unspecified atom stereocenters. The number of aryl methyl sites for hydroxylation is 1. The van der Waals surface area contributed by atoms with Crippen LogP contribution in [-0.4, -0.2) is 70.6 Å². The highest BCUT2D eigenvalue weighted by atomic mass is 19.1. The number of amides is 1. The normalized spacial score (nSPS) is 15.8. The number of carbonyl (C=O) groups is 1. The van der Waals surface area contributed by atoms with Crippen molar-refractivity contribution in [1.29, 1.82) is 0 Å². The molecule has 0 bridgehead atoms. The summed E-state index contributed by atoms with van der Waals surface area (Å²) in [6.07, 6.45) is 7.24. The predicted octanol–water partition coefficient (Wildman–Crippen LogP) is 4.60. The molecular formula is C27H31FN6O3. The van der Waals surface area contributed by atoms with Crippen molar-refractivity contribution in [2.45, 2.75) is 26.7 Å². The molecule has 1 aliphatic carbocycles. The maximum Gasteiger partial charge on any atom is 0.262 e. The first-order valence-corrected chi connectivity index (χ1v) is 12.5. The summed E-state index contributed by atoms with van der Waals surface area (Å²) in [5, 5.41) is 3.75. The topological polar surface area (TPSA) is 95.6 Å². The first kappa shape index (κ1) is 24.8. The van der Waals surface area contributed by atoms with E-state index in [1.807, 2.05) is 13.8 Å². The number of rotatable bonds is 7. The third kappa shape index (κ3) is 5.15. The highest BCUT2D eigenvalue weighted by Crippen LogP contribution is 2.34. The lowest BCUT2D eigenvalue weighted by molar-refractivity contribution is 0.0551. The van der Waals surface area contributed by atoms with Gasteiger partial charge in [0.05, 0.1) is 13.2 Å². The summed E-state index contributed by atoms with van der Waals surface area (Å²) < 4.78 is 26.7. The Kier molecular flexibility index (Phi) is 7.09. The van der Waals surface area contributed by atoms with Gasteiger partial charge in [-0.25, -0.2) is 14.4 Å². The third-order valence-electron chi connectivity index (χ3n) is 6.64. The quantitative estimate of drug-likeness (QED) is 0.484. The minimum Gasteiger partial charge on any atom is -0.435 e. The number of anilines is 1. The predicted molar refractivity (Wildman–Crippen MR) is 139 cm³/mol. The molecule has 1 amide bonds. The van der Waals surface area contributed by atoms with Gasteiger partial charge in [-0.15, -0.1) is 0 Å². The molecule has 10 heteroatoms. The molecule has 3 heterocycles. The lowest BCUT2D eigenvalue weighted by atomic mass is 10.1. The summed E-state index contributed by atoms with van der Waals surface area (Å²) in [7, 11) is 1.69. The van der Waals surface area contributed by atoms with E-state index in [4.69, 9.17) is 9.47 Å². The highest BCUT2D eigenvalue weighted by molar-refractivity contribution is 6.01. The number of fused-ring (bicyclic) bond motifs is 1. The molecule has 194 valence electrons. The zero-order chi connectivity index (χ0) is 25.9. The monoisotopic (exact) mass is 506 g/mol. The van der Waals surface area contributed by atoms with Gasteiger partial charge in [0.25, 0.3) is 5.91 Å². The van der Waals surface area contributed by atoms with Crippen LogP contribution in [0.1, 0.15) is 35.8 Å². The van der Waals surface area contributed by atoms with E-state index in [-0.39, 0.29) is 23.1 Å². The van der Waals surface area contributed by atoms with Gasteiger partial charge < -0.3 is 29.6 Å². The van der Waals surface area contributed by atoms with Crippen LogP contribution in [0.4, 0.5) is 10.2 Å². The highest BCUT2D eigenvalue weighted by Gasteiger charge is 2.26. The molecule has 9 nitrogen and oxygen atoms in total. The van der Waals surface area contributed by atoms with E-state index >= 15 is 4.39 Å². The maximum atomic E-state index is 15.3. The van der Waals surface area contributed by atoms with Crippen LogP contribution in [0, 0.1) is 12.7 Å². The Morgan fingerprint density at radius 2 is 2.11 bits per heavy atom. The number of nitrogens with zero attached hydrogens (tertiary/aromatic N) is 4. The second kappa shape index (κ2) is 10.6. The van der Waals surface area contributed by atoms with E-state index in [0.717, 1.165) is 43.0 Å². The number of halogens is 1. The number of nitrogens with one attached hydrogen (secondary N) is 2. The van der Waals surface area contributed by atoms with Crippen molar-refractivity contribution in [3.05, 3.63) is 65.1 Å². The van der Waals surface area contributed by atoms with Crippen LogP contribution in [0.15, 0.2) is 48.1 Å². The van der Waals surface area contributed by atoms with Crippen LogP contribution in [0.25, 0.3) is 10.9 Å². The lowest BCUT2D eigenvalue weighted by Crippen LogP contribution is -2.35. The summed E-state index contributed by atoms with van der Waals surface area (Å²) in [4.78, 5) is 29.0. The van der Waals surface area contributed by atoms with Crippen molar-refractivity contribution < 1.29 is 18.7 Å². The Balaban J connectivity index is 1.49. The van der Waals surface area contributed by atoms with Gasteiger partial charge in [0, 0.05) is 54.7 Å².